The van der Waals surface area contributed by atoms with Crippen LogP contribution in [0.25, 0.3) is 0 Å². The Hall–Kier alpha value is -1.33. The maximum Gasteiger partial charge on any atom is 0.337 e. The molecule has 0 aliphatic carbocycles. The number of nitrogens with one attached hydrogen (secondary N) is 1. The lowest BCUT2D eigenvalue weighted by Gasteiger charge is -2.23. The summed E-state index contributed by atoms with van der Waals surface area (Å²) in [6, 6.07) is 1.92. The molecule has 0 spiro atoms. The summed E-state index contributed by atoms with van der Waals surface area (Å²) in [6.45, 7) is 5.13. The Labute approximate surface area is 117 Å². The number of likely N-dealkylation sites (N-methyl/N-ethyl adjacent to an activating group) is 1. The summed E-state index contributed by atoms with van der Waals surface area (Å²) in [5.74, 6) is -0.469. The molecule has 5 nitrogen and oxygen atoms in total. The number of carboxylic acids is 1. The second kappa shape index (κ2) is 6.21. The van der Waals surface area contributed by atoms with E-state index in [1.807, 2.05) is 0 Å². The number of anilines is 1. The first kappa shape index (κ1) is 14.1. The van der Waals surface area contributed by atoms with Crippen molar-refractivity contribution in [1.29, 1.82) is 0 Å². The summed E-state index contributed by atoms with van der Waals surface area (Å²) < 4.78 is 0. The molecule has 1 fully saturated rings. The van der Waals surface area contributed by atoms with Crippen LogP contribution < -0.4 is 5.32 Å². The van der Waals surface area contributed by atoms with Crippen LogP contribution in [0, 0.1) is 0 Å². The molecule has 0 aromatic carbocycles. The van der Waals surface area contributed by atoms with E-state index in [2.05, 4.69) is 22.1 Å². The molecule has 1 aromatic heterocycles. The molecular formula is C13H18ClN3O2. The lowest BCUT2D eigenvalue weighted by molar-refractivity contribution is 0.0696. The lowest BCUT2D eigenvalue weighted by Crippen LogP contribution is -2.34. The van der Waals surface area contributed by atoms with Crippen LogP contribution in [-0.2, 0) is 0 Å². The van der Waals surface area contributed by atoms with Crippen LogP contribution in [0.5, 0.6) is 0 Å². The number of likely N-dealkylation sites (tertiary alicyclic amines) is 1. The third-order valence-electron chi connectivity index (χ3n) is 3.50. The molecule has 6 heteroatoms. The fourth-order valence-electron chi connectivity index (χ4n) is 2.44. The van der Waals surface area contributed by atoms with Gasteiger partial charge in [0.1, 0.15) is 5.82 Å². The largest absolute Gasteiger partial charge is 0.478 e. The summed E-state index contributed by atoms with van der Waals surface area (Å²) in [7, 11) is 0. The van der Waals surface area contributed by atoms with E-state index in [4.69, 9.17) is 16.7 Å². The number of rotatable bonds is 5. The van der Waals surface area contributed by atoms with E-state index >= 15 is 0 Å². The van der Waals surface area contributed by atoms with Crippen molar-refractivity contribution in [3.63, 3.8) is 0 Å². The molecule has 2 rings (SSSR count). The normalized spacial score (nSPS) is 19.6. The fraction of sp³-hybridized carbons (Fsp3) is 0.538. The number of aromatic nitrogens is 1. The maximum atomic E-state index is 10.8. The van der Waals surface area contributed by atoms with Gasteiger partial charge in [-0.05, 0) is 32.0 Å². The monoisotopic (exact) mass is 283 g/mol. The summed E-state index contributed by atoms with van der Waals surface area (Å²) in [6.07, 6.45) is 3.72. The van der Waals surface area contributed by atoms with Gasteiger partial charge in [-0.2, -0.15) is 0 Å². The van der Waals surface area contributed by atoms with Crippen molar-refractivity contribution >= 4 is 23.4 Å². The van der Waals surface area contributed by atoms with E-state index < -0.39 is 5.97 Å². The second-order valence-electron chi connectivity index (χ2n) is 4.67. The van der Waals surface area contributed by atoms with Crippen molar-refractivity contribution in [2.24, 2.45) is 0 Å². The van der Waals surface area contributed by atoms with Crippen molar-refractivity contribution in [2.45, 2.75) is 25.8 Å². The van der Waals surface area contributed by atoms with E-state index in [-0.39, 0.29) is 5.56 Å². The SMILES string of the molecule is CCN1CCCC1CNc1ncc(C(=O)O)cc1Cl. The van der Waals surface area contributed by atoms with Gasteiger partial charge in [0.15, 0.2) is 0 Å². The Bertz CT molecular complexity index is 467. The number of carboxylic acid groups (broad SMARTS) is 1. The summed E-state index contributed by atoms with van der Waals surface area (Å²) in [5.41, 5.74) is 0.103. The third-order valence-corrected chi connectivity index (χ3v) is 3.79. The van der Waals surface area contributed by atoms with Crippen molar-refractivity contribution in [2.75, 3.05) is 25.0 Å². The molecule has 19 heavy (non-hydrogen) atoms. The second-order valence-corrected chi connectivity index (χ2v) is 5.07. The minimum absolute atomic E-state index is 0.103. The molecule has 1 aromatic rings. The molecule has 1 atom stereocenters. The molecule has 1 aliphatic rings. The smallest absolute Gasteiger partial charge is 0.337 e. The first-order valence-corrected chi connectivity index (χ1v) is 6.86. The number of carbonyl (C=O) groups is 1. The standard InChI is InChI=1S/C13H18ClN3O2/c1-2-17-5-3-4-10(17)8-16-12-11(14)6-9(7-15-12)13(18)19/h6-7,10H,2-5,8H2,1H3,(H,15,16)(H,18,19). The van der Waals surface area contributed by atoms with Crippen molar-refractivity contribution in [3.8, 4) is 0 Å². The average molecular weight is 284 g/mol. The highest BCUT2D eigenvalue weighted by Crippen LogP contribution is 2.22. The Kier molecular flexibility index (Phi) is 4.61. The Balaban J connectivity index is 1.98. The van der Waals surface area contributed by atoms with Gasteiger partial charge >= 0.3 is 5.97 Å². The molecule has 2 heterocycles. The van der Waals surface area contributed by atoms with Crippen molar-refractivity contribution < 1.29 is 9.90 Å². The van der Waals surface area contributed by atoms with Gasteiger partial charge in [0.2, 0.25) is 0 Å². The number of pyridine rings is 1. The molecule has 0 bridgehead atoms. The predicted octanol–water partition coefficient (Wildman–Crippen LogP) is 2.33. The minimum Gasteiger partial charge on any atom is -0.478 e. The van der Waals surface area contributed by atoms with Crippen LogP contribution in [0.3, 0.4) is 0 Å². The number of hydrogen-bond acceptors (Lipinski definition) is 4. The molecule has 1 aliphatic heterocycles. The zero-order chi connectivity index (χ0) is 13.8. The zero-order valence-corrected chi connectivity index (χ0v) is 11.7. The highest BCUT2D eigenvalue weighted by atomic mass is 35.5. The highest BCUT2D eigenvalue weighted by molar-refractivity contribution is 6.33. The van der Waals surface area contributed by atoms with Gasteiger partial charge in [-0.25, -0.2) is 9.78 Å². The third kappa shape index (κ3) is 3.36. The highest BCUT2D eigenvalue weighted by Gasteiger charge is 2.22. The van der Waals surface area contributed by atoms with Crippen molar-refractivity contribution in [3.05, 3.63) is 22.8 Å². The van der Waals surface area contributed by atoms with Crippen molar-refractivity contribution in [1.82, 2.24) is 9.88 Å². The molecule has 2 N–H and O–H groups in total. The van der Waals surface area contributed by atoms with E-state index in [1.54, 1.807) is 0 Å². The molecule has 1 unspecified atom stereocenters. The maximum absolute atomic E-state index is 10.8. The van der Waals surface area contributed by atoms with E-state index in [0.717, 1.165) is 19.6 Å². The quantitative estimate of drug-likeness (QED) is 0.868. The van der Waals surface area contributed by atoms with Gasteiger partial charge in [0, 0.05) is 18.8 Å². The average Bonchev–Trinajstić information content (AvgIpc) is 2.84. The van der Waals surface area contributed by atoms with Gasteiger partial charge in [0.25, 0.3) is 0 Å². The van der Waals surface area contributed by atoms with E-state index in [9.17, 15) is 4.79 Å². The topological polar surface area (TPSA) is 65.5 Å². The van der Waals surface area contributed by atoms with Gasteiger partial charge in [-0.1, -0.05) is 18.5 Å². The van der Waals surface area contributed by atoms with Crippen LogP contribution in [0.1, 0.15) is 30.1 Å². The molecule has 0 amide bonds. The molecule has 0 radical (unpaired) electrons. The number of hydrogen-bond donors (Lipinski definition) is 2. The van der Waals surface area contributed by atoms with Gasteiger partial charge in [0.05, 0.1) is 10.6 Å². The number of aromatic carboxylic acids is 1. The predicted molar refractivity (Wildman–Crippen MR) is 75.0 cm³/mol. The van der Waals surface area contributed by atoms with Gasteiger partial charge < -0.3 is 10.4 Å². The summed E-state index contributed by atoms with van der Waals surface area (Å²) >= 11 is 6.03. The van der Waals surface area contributed by atoms with E-state index in [1.165, 1.54) is 25.1 Å². The van der Waals surface area contributed by atoms with Crippen LogP contribution in [0.15, 0.2) is 12.3 Å². The Morgan fingerprint density at radius 3 is 3.11 bits per heavy atom. The van der Waals surface area contributed by atoms with Crippen LogP contribution in [0.4, 0.5) is 5.82 Å². The van der Waals surface area contributed by atoms with E-state index in [0.29, 0.717) is 16.9 Å². The number of nitrogens with zero attached hydrogens (tertiary/aromatic N) is 2. The van der Waals surface area contributed by atoms with Gasteiger partial charge in [-0.3, -0.25) is 4.90 Å². The first-order valence-electron chi connectivity index (χ1n) is 6.48. The summed E-state index contributed by atoms with van der Waals surface area (Å²) in [4.78, 5) is 17.3. The minimum atomic E-state index is -1.02. The first-order chi connectivity index (χ1) is 9.11. The fourth-order valence-corrected chi connectivity index (χ4v) is 2.68. The van der Waals surface area contributed by atoms with Crippen LogP contribution in [-0.4, -0.2) is 46.6 Å². The Morgan fingerprint density at radius 2 is 2.47 bits per heavy atom. The Morgan fingerprint density at radius 1 is 1.68 bits per heavy atom. The van der Waals surface area contributed by atoms with Gasteiger partial charge in [-0.15, -0.1) is 0 Å². The number of halogens is 1. The zero-order valence-electron chi connectivity index (χ0n) is 10.9. The molecule has 0 saturated carbocycles. The lowest BCUT2D eigenvalue weighted by atomic mass is 10.2. The molecule has 1 saturated heterocycles. The summed E-state index contributed by atoms with van der Waals surface area (Å²) in [5, 5.41) is 12.4. The van der Waals surface area contributed by atoms with Crippen LogP contribution in [0.2, 0.25) is 5.02 Å². The molecular weight excluding hydrogens is 266 g/mol. The molecule has 104 valence electrons. The van der Waals surface area contributed by atoms with Crippen LogP contribution >= 0.6 is 11.6 Å².